The molecule has 0 bridgehead atoms. The van der Waals surface area contributed by atoms with E-state index in [1.165, 1.54) is 0 Å². The molecule has 3 aromatic heterocycles. The molecule has 3 nitrogen and oxygen atoms in total. The van der Waals surface area contributed by atoms with Crippen molar-refractivity contribution < 1.29 is 26.3 Å². The van der Waals surface area contributed by atoms with E-state index in [0.717, 1.165) is 100 Å². The van der Waals surface area contributed by atoms with Crippen LogP contribution in [0, 0.1) is 27.7 Å². The number of hydrogen-bond acceptors (Lipinski definition) is 1. The maximum atomic E-state index is 14.4. The third-order valence-electron chi connectivity index (χ3n) is 11.9. The van der Waals surface area contributed by atoms with Crippen LogP contribution in [0.1, 0.15) is 33.4 Å². The minimum atomic E-state index is -5.04. The second-order valence-electron chi connectivity index (χ2n) is 16.2. The van der Waals surface area contributed by atoms with Crippen LogP contribution in [0.2, 0.25) is 0 Å². The average molecular weight is 830 g/mol. The highest BCUT2D eigenvalue weighted by molar-refractivity contribution is 6.11. The predicted octanol–water partition coefficient (Wildman–Crippen LogP) is 15.5. The van der Waals surface area contributed by atoms with Crippen LogP contribution in [0.15, 0.2) is 152 Å². The number of aryl methyl sites for hydroxylation is 4. The highest BCUT2D eigenvalue weighted by Crippen LogP contribution is 2.42. The molecule has 0 spiro atoms. The summed E-state index contributed by atoms with van der Waals surface area (Å²) in [5.74, 6) is 0.646. The van der Waals surface area contributed by atoms with Crippen LogP contribution in [-0.2, 0) is 12.4 Å². The van der Waals surface area contributed by atoms with Crippen LogP contribution < -0.4 is 0 Å². The molecule has 0 unspecified atom stereocenters. The van der Waals surface area contributed by atoms with Gasteiger partial charge in [-0.05, 0) is 127 Å². The molecule has 0 aliphatic heterocycles. The summed E-state index contributed by atoms with van der Waals surface area (Å²) in [7, 11) is 0. The topological polar surface area (TPSA) is 22.8 Å². The molecule has 9 heteroatoms. The van der Waals surface area contributed by atoms with Gasteiger partial charge in [-0.3, -0.25) is 9.13 Å². The normalized spacial score (nSPS) is 12.4. The Bertz CT molecular complexity index is 3220. The fourth-order valence-electron chi connectivity index (χ4n) is 9.06. The van der Waals surface area contributed by atoms with Crippen LogP contribution in [0.5, 0.6) is 0 Å². The van der Waals surface area contributed by atoms with Crippen LogP contribution in [-0.4, -0.2) is 14.1 Å². The van der Waals surface area contributed by atoms with Crippen LogP contribution in [0.25, 0.3) is 88.6 Å². The number of alkyl halides is 6. The van der Waals surface area contributed by atoms with E-state index >= 15 is 0 Å². The summed E-state index contributed by atoms with van der Waals surface area (Å²) in [5, 5.41) is 3.65. The molecule has 0 amide bonds. The van der Waals surface area contributed by atoms with E-state index in [9.17, 15) is 26.3 Å². The first-order chi connectivity index (χ1) is 29.6. The number of benzene rings is 7. The number of para-hydroxylation sites is 2. The van der Waals surface area contributed by atoms with Gasteiger partial charge in [0.25, 0.3) is 0 Å². The lowest BCUT2D eigenvalue weighted by Gasteiger charge is -2.17. The Morgan fingerprint density at radius 2 is 0.774 bits per heavy atom. The molecule has 0 atom stereocenters. The van der Waals surface area contributed by atoms with E-state index < -0.39 is 23.5 Å². The quantitative estimate of drug-likeness (QED) is 0.158. The lowest BCUT2D eigenvalue weighted by atomic mass is 9.97. The summed E-state index contributed by atoms with van der Waals surface area (Å²) < 4.78 is 90.5. The zero-order valence-corrected chi connectivity index (χ0v) is 34.0. The average Bonchev–Trinajstić information content (AvgIpc) is 3.75. The number of nitrogens with zero attached hydrogens (tertiary/aromatic N) is 3. The lowest BCUT2D eigenvalue weighted by molar-refractivity contribution is -0.143. The summed E-state index contributed by atoms with van der Waals surface area (Å²) >= 11 is 0. The maximum Gasteiger partial charge on any atom is 0.416 e. The van der Waals surface area contributed by atoms with Gasteiger partial charge in [0.15, 0.2) is 0 Å². The second kappa shape index (κ2) is 14.2. The van der Waals surface area contributed by atoms with E-state index in [2.05, 4.69) is 86.6 Å². The molecule has 0 N–H and O–H groups in total. The Labute approximate surface area is 353 Å². The van der Waals surface area contributed by atoms with Crippen molar-refractivity contribution in [2.24, 2.45) is 0 Å². The minimum Gasteiger partial charge on any atom is -0.294 e. The summed E-state index contributed by atoms with van der Waals surface area (Å²) in [4.78, 5) is 5.33. The molecule has 3 heterocycles. The van der Waals surface area contributed by atoms with Gasteiger partial charge >= 0.3 is 12.4 Å². The molecule has 0 saturated carbocycles. The molecule has 7 aromatic carbocycles. The Morgan fingerprint density at radius 3 is 1.19 bits per heavy atom. The highest BCUT2D eigenvalue weighted by atomic mass is 19.4. The number of aromatic nitrogens is 3. The van der Waals surface area contributed by atoms with E-state index in [4.69, 9.17) is 4.98 Å². The van der Waals surface area contributed by atoms with Gasteiger partial charge in [-0.2, -0.15) is 26.3 Å². The molecule has 62 heavy (non-hydrogen) atoms. The van der Waals surface area contributed by atoms with Gasteiger partial charge in [-0.1, -0.05) is 108 Å². The van der Waals surface area contributed by atoms with Crippen molar-refractivity contribution in [1.82, 2.24) is 14.1 Å². The molecular formula is C53H37F6N3. The monoisotopic (exact) mass is 829 g/mol. The van der Waals surface area contributed by atoms with E-state index in [-0.39, 0.29) is 17.2 Å². The summed E-state index contributed by atoms with van der Waals surface area (Å²) in [6.07, 6.45) is -10.1. The van der Waals surface area contributed by atoms with Crippen molar-refractivity contribution in [1.29, 1.82) is 0 Å². The lowest BCUT2D eigenvalue weighted by Crippen LogP contribution is -2.11. The van der Waals surface area contributed by atoms with Crippen molar-refractivity contribution >= 4 is 43.6 Å². The molecule has 306 valence electrons. The van der Waals surface area contributed by atoms with Gasteiger partial charge in [0.05, 0.1) is 33.2 Å². The Hall–Kier alpha value is -7.13. The Kier molecular flexibility index (Phi) is 8.96. The van der Waals surface area contributed by atoms with Crippen molar-refractivity contribution in [3.63, 3.8) is 0 Å². The van der Waals surface area contributed by atoms with Crippen molar-refractivity contribution in [2.45, 2.75) is 40.0 Å². The zero-order chi connectivity index (χ0) is 43.2. The molecular weight excluding hydrogens is 793 g/mol. The van der Waals surface area contributed by atoms with Crippen LogP contribution in [0.3, 0.4) is 0 Å². The first-order valence-corrected chi connectivity index (χ1v) is 20.2. The van der Waals surface area contributed by atoms with Crippen molar-refractivity contribution in [2.75, 3.05) is 0 Å². The summed E-state index contributed by atoms with van der Waals surface area (Å²) in [6, 6.07) is 45.4. The number of rotatable bonds is 5. The molecule has 10 aromatic rings. The molecule has 0 fully saturated rings. The maximum absolute atomic E-state index is 14.4. The standard InChI is InChI=1S/C53H37F6N3/c1-30-13-17-40(32(3)21-30)34-15-19-44-42-9-5-7-11-46(42)61(48(44)25-34)50-27-37(36-23-38(52(54,55)56)29-39(24-36)53(57,58)59)28-51(60-50)62-47-12-8-6-10-43(47)45-20-16-35(26-49(45)62)41-18-14-31(2)22-33(41)4/h5-29H,1-4H3. The number of halogens is 6. The van der Waals surface area contributed by atoms with Gasteiger partial charge in [-0.15, -0.1) is 0 Å². The minimum absolute atomic E-state index is 0.134. The Morgan fingerprint density at radius 1 is 0.371 bits per heavy atom. The zero-order valence-electron chi connectivity index (χ0n) is 34.0. The fraction of sp³-hybridized carbons (Fsp3) is 0.113. The van der Waals surface area contributed by atoms with Crippen molar-refractivity contribution in [3.05, 3.63) is 185 Å². The van der Waals surface area contributed by atoms with Gasteiger partial charge in [0, 0.05) is 21.5 Å². The van der Waals surface area contributed by atoms with E-state index in [1.807, 2.05) is 71.5 Å². The number of hydrogen-bond donors (Lipinski definition) is 0. The largest absolute Gasteiger partial charge is 0.416 e. The van der Waals surface area contributed by atoms with E-state index in [1.54, 1.807) is 12.1 Å². The van der Waals surface area contributed by atoms with Crippen LogP contribution in [0.4, 0.5) is 26.3 Å². The third kappa shape index (κ3) is 6.59. The van der Waals surface area contributed by atoms with Gasteiger partial charge in [0.2, 0.25) is 0 Å². The Balaban J connectivity index is 1.32. The summed E-state index contributed by atoms with van der Waals surface area (Å²) in [5.41, 5.74) is 8.59. The van der Waals surface area contributed by atoms with Gasteiger partial charge in [0.1, 0.15) is 11.6 Å². The number of pyridine rings is 1. The first-order valence-electron chi connectivity index (χ1n) is 20.2. The fourth-order valence-corrected chi connectivity index (χ4v) is 9.06. The second-order valence-corrected chi connectivity index (χ2v) is 16.2. The van der Waals surface area contributed by atoms with E-state index in [0.29, 0.717) is 11.6 Å². The highest BCUT2D eigenvalue weighted by Gasteiger charge is 2.37. The molecule has 0 aliphatic rings. The van der Waals surface area contributed by atoms with Gasteiger partial charge in [-0.25, -0.2) is 4.98 Å². The first kappa shape index (κ1) is 39.0. The smallest absolute Gasteiger partial charge is 0.294 e. The summed E-state index contributed by atoms with van der Waals surface area (Å²) in [6.45, 7) is 8.19. The molecule has 0 aliphatic carbocycles. The number of fused-ring (bicyclic) bond motifs is 6. The van der Waals surface area contributed by atoms with Crippen molar-refractivity contribution in [3.8, 4) is 45.0 Å². The molecule has 0 saturated heterocycles. The third-order valence-corrected chi connectivity index (χ3v) is 11.9. The molecule has 10 rings (SSSR count). The molecule has 0 radical (unpaired) electrons. The van der Waals surface area contributed by atoms with Crippen LogP contribution >= 0.6 is 0 Å². The predicted molar refractivity (Wildman–Crippen MR) is 238 cm³/mol. The SMILES string of the molecule is Cc1ccc(-c2ccc3c4ccccc4n(-c4cc(-c5cc(C(F)(F)F)cc(C(F)(F)F)c5)cc(-n5c6ccccc6c6ccc(-c7ccc(C)cc7C)cc65)n4)c3c2)c(C)c1. The van der Waals surface area contributed by atoms with Gasteiger partial charge < -0.3 is 0 Å².